The number of ether oxygens (including phenoxy) is 1. The molecule has 0 bridgehead atoms. The van der Waals surface area contributed by atoms with Crippen molar-refractivity contribution < 1.29 is 14.3 Å². The zero-order chi connectivity index (χ0) is 13.8. The third kappa shape index (κ3) is 3.85. The summed E-state index contributed by atoms with van der Waals surface area (Å²) < 4.78 is 5.12. The molecular weight excluding hydrogens is 289 g/mol. The first-order valence-corrected chi connectivity index (χ1v) is 6.69. The highest BCUT2D eigenvalue weighted by Gasteiger charge is 2.22. The minimum Gasteiger partial charge on any atom is -0.463 e. The minimum atomic E-state index is -0.384. The number of hydrogen-bond donors (Lipinski definition) is 1. The minimum absolute atomic E-state index is 0.000986. The van der Waals surface area contributed by atoms with E-state index in [9.17, 15) is 9.59 Å². The number of esters is 1. The Balaban J connectivity index is 1.84. The van der Waals surface area contributed by atoms with Crippen LogP contribution in [0.15, 0.2) is 18.2 Å². The standard InChI is InChI=1S/C13H13Cl2NO3/c14-10-3-1-2-8(13(10)15)6-12(18)19-7-9-4-5-11(17)16-9/h1-3,9H,4-7H2,(H,16,17)/t9-/m1/s1. The molecular formula is C13H13Cl2NO3. The van der Waals surface area contributed by atoms with Crippen molar-refractivity contribution in [1.82, 2.24) is 5.32 Å². The van der Waals surface area contributed by atoms with Crippen LogP contribution < -0.4 is 5.32 Å². The molecule has 4 nitrogen and oxygen atoms in total. The van der Waals surface area contributed by atoms with Crippen molar-refractivity contribution in [3.8, 4) is 0 Å². The van der Waals surface area contributed by atoms with Crippen molar-refractivity contribution in [3.63, 3.8) is 0 Å². The van der Waals surface area contributed by atoms with Gasteiger partial charge in [0.2, 0.25) is 5.91 Å². The third-order valence-corrected chi connectivity index (χ3v) is 3.75. The van der Waals surface area contributed by atoms with Gasteiger partial charge in [-0.25, -0.2) is 0 Å². The first kappa shape index (κ1) is 14.2. The highest BCUT2D eigenvalue weighted by Crippen LogP contribution is 2.26. The van der Waals surface area contributed by atoms with Gasteiger partial charge in [0.1, 0.15) is 6.61 Å². The average Bonchev–Trinajstić information content (AvgIpc) is 2.78. The van der Waals surface area contributed by atoms with Gasteiger partial charge in [-0.2, -0.15) is 0 Å². The molecule has 6 heteroatoms. The second-order valence-corrected chi connectivity index (χ2v) is 5.16. The maximum Gasteiger partial charge on any atom is 0.310 e. The van der Waals surface area contributed by atoms with Crippen molar-refractivity contribution in [1.29, 1.82) is 0 Å². The number of halogens is 2. The number of rotatable bonds is 4. The largest absolute Gasteiger partial charge is 0.463 e. The highest BCUT2D eigenvalue weighted by atomic mass is 35.5. The number of carbonyl (C=O) groups is 2. The van der Waals surface area contributed by atoms with Gasteiger partial charge in [-0.05, 0) is 18.1 Å². The maximum absolute atomic E-state index is 11.7. The van der Waals surface area contributed by atoms with E-state index >= 15 is 0 Å². The van der Waals surface area contributed by atoms with Crippen LogP contribution in [0.4, 0.5) is 0 Å². The Bertz CT molecular complexity index is 505. The Hall–Kier alpha value is -1.26. The van der Waals surface area contributed by atoms with E-state index in [2.05, 4.69) is 5.32 Å². The molecule has 1 amide bonds. The van der Waals surface area contributed by atoms with E-state index in [1.807, 2.05) is 0 Å². The first-order valence-electron chi connectivity index (χ1n) is 5.94. The lowest BCUT2D eigenvalue weighted by atomic mass is 10.1. The van der Waals surface area contributed by atoms with Crippen LogP contribution in [0.5, 0.6) is 0 Å². The van der Waals surface area contributed by atoms with Crippen molar-refractivity contribution in [2.24, 2.45) is 0 Å². The van der Waals surface area contributed by atoms with Crippen molar-refractivity contribution in [2.45, 2.75) is 25.3 Å². The Labute approximate surface area is 121 Å². The average molecular weight is 302 g/mol. The van der Waals surface area contributed by atoms with Gasteiger partial charge in [0.05, 0.1) is 22.5 Å². The van der Waals surface area contributed by atoms with Crippen molar-refractivity contribution in [3.05, 3.63) is 33.8 Å². The van der Waals surface area contributed by atoms with Gasteiger partial charge in [0.15, 0.2) is 0 Å². The van der Waals surface area contributed by atoms with Gasteiger partial charge in [-0.1, -0.05) is 35.3 Å². The zero-order valence-corrected chi connectivity index (χ0v) is 11.6. The summed E-state index contributed by atoms with van der Waals surface area (Å²) in [6.45, 7) is 0.197. The molecule has 1 N–H and O–H groups in total. The Morgan fingerprint density at radius 1 is 1.42 bits per heavy atom. The molecule has 1 aliphatic rings. The van der Waals surface area contributed by atoms with E-state index in [1.165, 1.54) is 0 Å². The fourth-order valence-electron chi connectivity index (χ4n) is 1.89. The summed E-state index contributed by atoms with van der Waals surface area (Å²) in [5.74, 6) is -0.385. The van der Waals surface area contributed by atoms with E-state index in [4.69, 9.17) is 27.9 Å². The number of carbonyl (C=O) groups excluding carboxylic acids is 2. The van der Waals surface area contributed by atoms with Crippen molar-refractivity contribution in [2.75, 3.05) is 6.61 Å². The number of hydrogen-bond acceptors (Lipinski definition) is 3. The van der Waals surface area contributed by atoms with Gasteiger partial charge in [-0.3, -0.25) is 9.59 Å². The molecule has 2 rings (SSSR count). The molecule has 19 heavy (non-hydrogen) atoms. The van der Waals surface area contributed by atoms with Gasteiger partial charge in [0.25, 0.3) is 0 Å². The van der Waals surface area contributed by atoms with Crippen LogP contribution in [-0.2, 0) is 20.7 Å². The predicted molar refractivity (Wildman–Crippen MR) is 72.3 cm³/mol. The Morgan fingerprint density at radius 3 is 2.89 bits per heavy atom. The van der Waals surface area contributed by atoms with Crippen LogP contribution in [0.2, 0.25) is 10.0 Å². The number of nitrogens with one attached hydrogen (secondary N) is 1. The fraction of sp³-hybridized carbons (Fsp3) is 0.385. The molecule has 1 saturated heterocycles. The summed E-state index contributed by atoms with van der Waals surface area (Å²) in [4.78, 5) is 22.7. The summed E-state index contributed by atoms with van der Waals surface area (Å²) >= 11 is 11.8. The summed E-state index contributed by atoms with van der Waals surface area (Å²) in [6, 6.07) is 5.04. The highest BCUT2D eigenvalue weighted by molar-refractivity contribution is 6.42. The fourth-order valence-corrected chi connectivity index (χ4v) is 2.27. The molecule has 0 saturated carbocycles. The van der Waals surface area contributed by atoms with Gasteiger partial charge >= 0.3 is 5.97 Å². The van der Waals surface area contributed by atoms with E-state index in [1.54, 1.807) is 18.2 Å². The monoisotopic (exact) mass is 301 g/mol. The molecule has 0 aliphatic carbocycles. The molecule has 1 fully saturated rings. The summed E-state index contributed by atoms with van der Waals surface area (Å²) in [7, 11) is 0. The van der Waals surface area contributed by atoms with Gasteiger partial charge in [-0.15, -0.1) is 0 Å². The number of amides is 1. The Kier molecular flexibility index (Phi) is 4.66. The summed E-state index contributed by atoms with van der Waals surface area (Å²) in [5.41, 5.74) is 0.634. The lowest BCUT2D eigenvalue weighted by Gasteiger charge is -2.11. The second kappa shape index (κ2) is 6.26. The van der Waals surface area contributed by atoms with Crippen LogP contribution in [0.1, 0.15) is 18.4 Å². The van der Waals surface area contributed by atoms with Gasteiger partial charge < -0.3 is 10.1 Å². The SMILES string of the molecule is O=C1CC[C@H](COC(=O)Cc2cccc(Cl)c2Cl)N1. The van der Waals surface area contributed by atoms with E-state index in [0.717, 1.165) is 0 Å². The molecule has 1 aromatic rings. The maximum atomic E-state index is 11.7. The van der Waals surface area contributed by atoms with E-state index < -0.39 is 0 Å². The lowest BCUT2D eigenvalue weighted by Crippen LogP contribution is -2.31. The molecule has 1 aromatic carbocycles. The summed E-state index contributed by atoms with van der Waals surface area (Å²) in [5, 5.41) is 3.51. The van der Waals surface area contributed by atoms with Crippen LogP contribution in [0.25, 0.3) is 0 Å². The zero-order valence-electron chi connectivity index (χ0n) is 10.1. The quantitative estimate of drug-likeness (QED) is 0.869. The van der Waals surface area contributed by atoms with Crippen LogP contribution >= 0.6 is 23.2 Å². The van der Waals surface area contributed by atoms with Crippen LogP contribution in [-0.4, -0.2) is 24.5 Å². The summed E-state index contributed by atoms with van der Waals surface area (Å²) in [6.07, 6.45) is 1.26. The first-order chi connectivity index (χ1) is 9.06. The number of benzene rings is 1. The molecule has 102 valence electrons. The van der Waals surface area contributed by atoms with E-state index in [0.29, 0.717) is 28.5 Å². The molecule has 0 spiro atoms. The molecule has 1 aliphatic heterocycles. The molecule has 1 atom stereocenters. The Morgan fingerprint density at radius 2 is 2.21 bits per heavy atom. The topological polar surface area (TPSA) is 55.4 Å². The molecule has 0 aromatic heterocycles. The third-order valence-electron chi connectivity index (χ3n) is 2.90. The molecule has 0 radical (unpaired) electrons. The van der Waals surface area contributed by atoms with E-state index in [-0.39, 0.29) is 30.9 Å². The van der Waals surface area contributed by atoms with Crippen LogP contribution in [0, 0.1) is 0 Å². The second-order valence-electron chi connectivity index (χ2n) is 4.38. The lowest BCUT2D eigenvalue weighted by molar-refractivity contribution is -0.143. The molecule has 0 unspecified atom stereocenters. The molecule has 1 heterocycles. The smallest absolute Gasteiger partial charge is 0.310 e. The van der Waals surface area contributed by atoms with Gasteiger partial charge in [0, 0.05) is 6.42 Å². The van der Waals surface area contributed by atoms with Crippen molar-refractivity contribution >= 4 is 35.1 Å². The predicted octanol–water partition coefficient (Wildman–Crippen LogP) is 2.36. The van der Waals surface area contributed by atoms with Crippen LogP contribution in [0.3, 0.4) is 0 Å². The normalized spacial score (nSPS) is 18.2.